The molecule has 0 amide bonds. The monoisotopic (exact) mass is 134 g/mol. The third-order valence-electron chi connectivity index (χ3n) is 1.23. The molecular weight excluding hydrogens is 124 g/mol. The summed E-state index contributed by atoms with van der Waals surface area (Å²) in [5, 5.41) is 0. The van der Waals surface area contributed by atoms with Gasteiger partial charge >= 0.3 is 0 Å². The number of anilines is 1. The SMILES string of the molecule is C/C=C\c1cnccc1N. The van der Waals surface area contributed by atoms with Crippen molar-refractivity contribution in [2.75, 3.05) is 5.73 Å². The van der Waals surface area contributed by atoms with Gasteiger partial charge < -0.3 is 5.73 Å². The normalized spacial score (nSPS) is 10.5. The largest absolute Gasteiger partial charge is 0.398 e. The van der Waals surface area contributed by atoms with Crippen LogP contribution >= 0.6 is 0 Å². The maximum absolute atomic E-state index is 5.62. The first-order valence-electron chi connectivity index (χ1n) is 3.17. The van der Waals surface area contributed by atoms with Crippen LogP contribution < -0.4 is 5.73 Å². The van der Waals surface area contributed by atoms with Crippen molar-refractivity contribution < 1.29 is 0 Å². The number of nitrogens with two attached hydrogens (primary N) is 1. The average Bonchev–Trinajstić information content (AvgIpc) is 1.94. The number of aromatic nitrogens is 1. The summed E-state index contributed by atoms with van der Waals surface area (Å²) in [6.07, 6.45) is 7.30. The van der Waals surface area contributed by atoms with Gasteiger partial charge in [0.05, 0.1) is 0 Å². The van der Waals surface area contributed by atoms with Crippen molar-refractivity contribution >= 4 is 11.8 Å². The molecule has 2 heteroatoms. The molecule has 0 atom stereocenters. The molecule has 10 heavy (non-hydrogen) atoms. The van der Waals surface area contributed by atoms with Crippen LogP contribution in [0, 0.1) is 0 Å². The van der Waals surface area contributed by atoms with Crippen molar-refractivity contribution in [2.24, 2.45) is 0 Å². The molecule has 0 aromatic carbocycles. The highest BCUT2D eigenvalue weighted by Crippen LogP contribution is 2.09. The van der Waals surface area contributed by atoms with Gasteiger partial charge in [0.2, 0.25) is 0 Å². The van der Waals surface area contributed by atoms with Gasteiger partial charge in [0.25, 0.3) is 0 Å². The summed E-state index contributed by atoms with van der Waals surface area (Å²) in [5.41, 5.74) is 7.36. The fraction of sp³-hybridized carbons (Fsp3) is 0.125. The molecular formula is C8H10N2. The predicted octanol–water partition coefficient (Wildman–Crippen LogP) is 1.70. The van der Waals surface area contributed by atoms with Gasteiger partial charge in [-0.2, -0.15) is 0 Å². The van der Waals surface area contributed by atoms with Gasteiger partial charge in [-0.3, -0.25) is 4.98 Å². The van der Waals surface area contributed by atoms with Gasteiger partial charge in [0.15, 0.2) is 0 Å². The molecule has 52 valence electrons. The number of pyridine rings is 1. The molecule has 0 spiro atoms. The maximum atomic E-state index is 5.62. The predicted molar refractivity (Wildman–Crippen MR) is 43.4 cm³/mol. The summed E-state index contributed by atoms with van der Waals surface area (Å²) in [5.74, 6) is 0. The molecule has 1 rings (SSSR count). The van der Waals surface area contributed by atoms with Crippen molar-refractivity contribution in [2.45, 2.75) is 6.92 Å². The van der Waals surface area contributed by atoms with Crippen LogP contribution in [0.4, 0.5) is 5.69 Å². The van der Waals surface area contributed by atoms with Crippen molar-refractivity contribution in [1.29, 1.82) is 0 Å². The first-order chi connectivity index (χ1) is 4.84. The minimum absolute atomic E-state index is 0.771. The molecule has 0 fully saturated rings. The molecule has 2 N–H and O–H groups in total. The second-order valence-electron chi connectivity index (χ2n) is 2.00. The van der Waals surface area contributed by atoms with Crippen molar-refractivity contribution in [3.05, 3.63) is 30.1 Å². The van der Waals surface area contributed by atoms with Crippen LogP contribution in [-0.2, 0) is 0 Å². The summed E-state index contributed by atoms with van der Waals surface area (Å²) in [6.45, 7) is 1.95. The Kier molecular flexibility index (Phi) is 2.05. The fourth-order valence-electron chi connectivity index (χ4n) is 0.736. The quantitative estimate of drug-likeness (QED) is 0.634. The van der Waals surface area contributed by atoms with Gasteiger partial charge in [-0.25, -0.2) is 0 Å². The Labute approximate surface area is 60.4 Å². The summed E-state index contributed by atoms with van der Waals surface area (Å²) in [4.78, 5) is 3.93. The van der Waals surface area contributed by atoms with Crippen molar-refractivity contribution in [3.63, 3.8) is 0 Å². The summed E-state index contributed by atoms with van der Waals surface area (Å²) >= 11 is 0. The summed E-state index contributed by atoms with van der Waals surface area (Å²) in [7, 11) is 0. The Morgan fingerprint density at radius 3 is 3.00 bits per heavy atom. The van der Waals surface area contributed by atoms with E-state index in [0.29, 0.717) is 0 Å². The average molecular weight is 134 g/mol. The van der Waals surface area contributed by atoms with Crippen molar-refractivity contribution in [3.8, 4) is 0 Å². The zero-order valence-electron chi connectivity index (χ0n) is 5.91. The van der Waals surface area contributed by atoms with E-state index in [1.807, 2.05) is 19.1 Å². The van der Waals surface area contributed by atoms with Crippen LogP contribution in [0.25, 0.3) is 6.08 Å². The van der Waals surface area contributed by atoms with Gasteiger partial charge in [0.1, 0.15) is 0 Å². The van der Waals surface area contributed by atoms with Crippen LogP contribution in [0.3, 0.4) is 0 Å². The summed E-state index contributed by atoms with van der Waals surface area (Å²) < 4.78 is 0. The first kappa shape index (κ1) is 6.81. The summed E-state index contributed by atoms with van der Waals surface area (Å²) in [6, 6.07) is 1.79. The lowest BCUT2D eigenvalue weighted by molar-refractivity contribution is 1.32. The van der Waals surface area contributed by atoms with Gasteiger partial charge in [-0.1, -0.05) is 12.2 Å². The fourth-order valence-corrected chi connectivity index (χ4v) is 0.736. The zero-order valence-corrected chi connectivity index (χ0v) is 5.91. The number of nitrogens with zero attached hydrogens (tertiary/aromatic N) is 1. The third-order valence-corrected chi connectivity index (χ3v) is 1.23. The third kappa shape index (κ3) is 1.35. The smallest absolute Gasteiger partial charge is 0.0418 e. The molecule has 0 aliphatic rings. The Hall–Kier alpha value is -1.31. The number of nitrogen functional groups attached to an aromatic ring is 1. The molecule has 0 radical (unpaired) electrons. The second-order valence-corrected chi connectivity index (χ2v) is 2.00. The van der Waals surface area contributed by atoms with E-state index in [1.54, 1.807) is 18.5 Å². The highest BCUT2D eigenvalue weighted by atomic mass is 14.7. The molecule has 0 saturated heterocycles. The van der Waals surface area contributed by atoms with Gasteiger partial charge in [-0.15, -0.1) is 0 Å². The molecule has 0 aliphatic heterocycles. The molecule has 1 aromatic heterocycles. The lowest BCUT2D eigenvalue weighted by atomic mass is 10.2. The number of hydrogen-bond acceptors (Lipinski definition) is 2. The lowest BCUT2D eigenvalue weighted by Crippen LogP contribution is -1.88. The molecule has 0 aliphatic carbocycles. The lowest BCUT2D eigenvalue weighted by Gasteiger charge is -1.95. The molecule has 0 unspecified atom stereocenters. The molecule has 0 bridgehead atoms. The molecule has 1 heterocycles. The Morgan fingerprint density at radius 1 is 1.60 bits per heavy atom. The van der Waals surface area contributed by atoms with Crippen LogP contribution in [0.1, 0.15) is 12.5 Å². The van der Waals surface area contributed by atoms with Crippen LogP contribution in [0.15, 0.2) is 24.5 Å². The van der Waals surface area contributed by atoms with E-state index in [4.69, 9.17) is 5.73 Å². The molecule has 2 nitrogen and oxygen atoms in total. The second kappa shape index (κ2) is 3.01. The first-order valence-corrected chi connectivity index (χ1v) is 3.17. The van der Waals surface area contributed by atoms with E-state index in [9.17, 15) is 0 Å². The molecule has 1 aromatic rings. The Bertz CT molecular complexity index is 241. The minimum Gasteiger partial charge on any atom is -0.398 e. The van der Waals surface area contributed by atoms with Crippen molar-refractivity contribution in [1.82, 2.24) is 4.98 Å². The van der Waals surface area contributed by atoms with E-state index in [0.717, 1.165) is 11.3 Å². The highest BCUT2D eigenvalue weighted by Gasteiger charge is 1.89. The van der Waals surface area contributed by atoms with E-state index in [2.05, 4.69) is 4.98 Å². The van der Waals surface area contributed by atoms with E-state index in [-0.39, 0.29) is 0 Å². The van der Waals surface area contributed by atoms with E-state index in [1.165, 1.54) is 0 Å². The standard InChI is InChI=1S/C8H10N2/c1-2-3-7-6-10-5-4-8(7)9/h2-6H,1H3,(H2,9,10)/b3-2-. The Balaban J connectivity index is 3.03. The number of rotatable bonds is 1. The Morgan fingerprint density at radius 2 is 2.40 bits per heavy atom. The minimum atomic E-state index is 0.771. The number of allylic oxidation sites excluding steroid dienone is 1. The zero-order chi connectivity index (χ0) is 7.40. The van der Waals surface area contributed by atoms with E-state index < -0.39 is 0 Å². The van der Waals surface area contributed by atoms with Crippen LogP contribution in [-0.4, -0.2) is 4.98 Å². The highest BCUT2D eigenvalue weighted by molar-refractivity contribution is 5.62. The molecule has 0 saturated carbocycles. The van der Waals surface area contributed by atoms with Gasteiger partial charge in [0, 0.05) is 23.6 Å². The van der Waals surface area contributed by atoms with Crippen LogP contribution in [0.2, 0.25) is 0 Å². The van der Waals surface area contributed by atoms with Crippen LogP contribution in [0.5, 0.6) is 0 Å². The van der Waals surface area contributed by atoms with E-state index >= 15 is 0 Å². The van der Waals surface area contributed by atoms with Gasteiger partial charge in [-0.05, 0) is 13.0 Å². The maximum Gasteiger partial charge on any atom is 0.0418 e. The number of hydrogen-bond donors (Lipinski definition) is 1. The topological polar surface area (TPSA) is 38.9 Å².